The van der Waals surface area contributed by atoms with Gasteiger partial charge in [0.15, 0.2) is 10.9 Å². The number of rotatable bonds is 6. The third kappa shape index (κ3) is 3.21. The SMILES string of the molecule is Cc1ccc(-n2c(C)cc(C(=O)CSc3nncn3C3CC3)c2C)cc1. The molecule has 0 unspecified atom stereocenters. The van der Waals surface area contributed by atoms with Gasteiger partial charge in [-0.15, -0.1) is 10.2 Å². The lowest BCUT2D eigenvalue weighted by atomic mass is 10.2. The molecule has 4 rings (SSSR count). The zero-order valence-corrected chi connectivity index (χ0v) is 16.1. The van der Waals surface area contributed by atoms with Crippen molar-refractivity contribution in [3.05, 3.63) is 59.2 Å². The second kappa shape index (κ2) is 6.76. The number of aromatic nitrogens is 4. The molecule has 0 amide bonds. The minimum Gasteiger partial charge on any atom is -0.318 e. The van der Waals surface area contributed by atoms with E-state index in [1.54, 1.807) is 6.33 Å². The van der Waals surface area contributed by atoms with Crippen LogP contribution in [0.3, 0.4) is 0 Å². The molecule has 1 aliphatic rings. The van der Waals surface area contributed by atoms with Crippen molar-refractivity contribution in [2.75, 3.05) is 5.75 Å². The van der Waals surface area contributed by atoms with Crippen LogP contribution in [0.5, 0.6) is 0 Å². The fourth-order valence-corrected chi connectivity index (χ4v) is 4.15. The average Bonchev–Trinajstić information content (AvgIpc) is 3.29. The molecule has 1 aromatic carbocycles. The van der Waals surface area contributed by atoms with Crippen molar-refractivity contribution in [2.24, 2.45) is 0 Å². The smallest absolute Gasteiger partial charge is 0.191 e. The van der Waals surface area contributed by atoms with Crippen LogP contribution < -0.4 is 0 Å². The van der Waals surface area contributed by atoms with Crippen LogP contribution >= 0.6 is 11.8 Å². The highest BCUT2D eigenvalue weighted by Gasteiger charge is 2.26. The quantitative estimate of drug-likeness (QED) is 0.482. The number of thioether (sulfide) groups is 1. The van der Waals surface area contributed by atoms with Crippen molar-refractivity contribution in [3.63, 3.8) is 0 Å². The molecule has 0 atom stereocenters. The summed E-state index contributed by atoms with van der Waals surface area (Å²) in [5.74, 6) is 0.510. The van der Waals surface area contributed by atoms with Crippen LogP contribution in [0, 0.1) is 20.8 Å². The maximum absolute atomic E-state index is 12.8. The van der Waals surface area contributed by atoms with E-state index in [4.69, 9.17) is 0 Å². The van der Waals surface area contributed by atoms with Crippen molar-refractivity contribution in [1.29, 1.82) is 0 Å². The highest BCUT2D eigenvalue weighted by molar-refractivity contribution is 7.99. The van der Waals surface area contributed by atoms with Gasteiger partial charge in [-0.25, -0.2) is 0 Å². The van der Waals surface area contributed by atoms with Gasteiger partial charge >= 0.3 is 0 Å². The van der Waals surface area contributed by atoms with Gasteiger partial charge in [-0.2, -0.15) is 0 Å². The number of nitrogens with zero attached hydrogens (tertiary/aromatic N) is 4. The van der Waals surface area contributed by atoms with Crippen LogP contribution in [0.2, 0.25) is 0 Å². The summed E-state index contributed by atoms with van der Waals surface area (Å²) in [5.41, 5.74) is 5.16. The molecule has 3 aromatic rings. The second-order valence-electron chi connectivity index (χ2n) is 6.92. The lowest BCUT2D eigenvalue weighted by Gasteiger charge is -2.10. The van der Waals surface area contributed by atoms with Gasteiger partial charge in [-0.3, -0.25) is 4.79 Å². The van der Waals surface area contributed by atoms with Crippen molar-refractivity contribution in [3.8, 4) is 5.69 Å². The monoisotopic (exact) mass is 366 g/mol. The van der Waals surface area contributed by atoms with Crippen LogP contribution in [0.15, 0.2) is 41.8 Å². The molecule has 134 valence electrons. The van der Waals surface area contributed by atoms with Gasteiger partial charge in [0.1, 0.15) is 6.33 Å². The summed E-state index contributed by atoms with van der Waals surface area (Å²) in [6.45, 7) is 6.13. The Labute approximate surface area is 157 Å². The van der Waals surface area contributed by atoms with Crippen molar-refractivity contribution >= 4 is 17.5 Å². The second-order valence-corrected chi connectivity index (χ2v) is 7.86. The summed E-state index contributed by atoms with van der Waals surface area (Å²) >= 11 is 1.48. The third-order valence-corrected chi connectivity index (χ3v) is 5.79. The number of carbonyl (C=O) groups is 1. The summed E-state index contributed by atoms with van der Waals surface area (Å²) in [7, 11) is 0. The zero-order chi connectivity index (χ0) is 18.3. The van der Waals surface area contributed by atoms with Crippen LogP contribution in [0.1, 0.15) is 46.2 Å². The third-order valence-electron chi connectivity index (χ3n) is 4.84. The summed E-state index contributed by atoms with van der Waals surface area (Å²) in [5, 5.41) is 9.00. The Bertz CT molecular complexity index is 951. The van der Waals surface area contributed by atoms with E-state index in [0.717, 1.165) is 27.8 Å². The van der Waals surface area contributed by atoms with E-state index < -0.39 is 0 Å². The molecule has 2 heterocycles. The highest BCUT2D eigenvalue weighted by atomic mass is 32.2. The highest BCUT2D eigenvalue weighted by Crippen LogP contribution is 2.37. The minimum atomic E-state index is 0.131. The Morgan fingerprint density at radius 3 is 2.62 bits per heavy atom. The molecule has 0 radical (unpaired) electrons. The average molecular weight is 366 g/mol. The Balaban J connectivity index is 1.54. The minimum absolute atomic E-state index is 0.131. The maximum Gasteiger partial charge on any atom is 0.191 e. The van der Waals surface area contributed by atoms with Gasteiger partial charge in [-0.05, 0) is 51.8 Å². The lowest BCUT2D eigenvalue weighted by molar-refractivity contribution is 0.102. The molecule has 5 nitrogen and oxygen atoms in total. The van der Waals surface area contributed by atoms with E-state index in [9.17, 15) is 4.79 Å². The predicted molar refractivity (Wildman–Crippen MR) is 103 cm³/mol. The Morgan fingerprint density at radius 2 is 1.92 bits per heavy atom. The molecule has 0 saturated heterocycles. The molecule has 6 heteroatoms. The van der Waals surface area contributed by atoms with E-state index in [1.807, 2.05) is 19.9 Å². The first-order valence-electron chi connectivity index (χ1n) is 8.86. The molecule has 1 fully saturated rings. The molecule has 0 aliphatic heterocycles. The van der Waals surface area contributed by atoms with Crippen LogP contribution in [-0.4, -0.2) is 30.9 Å². The molecule has 0 N–H and O–H groups in total. The number of hydrogen-bond donors (Lipinski definition) is 0. The lowest BCUT2D eigenvalue weighted by Crippen LogP contribution is -2.06. The van der Waals surface area contributed by atoms with Gasteiger partial charge in [0.05, 0.1) is 5.75 Å². The zero-order valence-electron chi connectivity index (χ0n) is 15.3. The van der Waals surface area contributed by atoms with Crippen LogP contribution in [0.25, 0.3) is 5.69 Å². The first kappa shape index (κ1) is 17.1. The number of ketones is 1. The first-order chi connectivity index (χ1) is 12.5. The van der Waals surface area contributed by atoms with E-state index in [-0.39, 0.29) is 5.78 Å². The number of benzene rings is 1. The summed E-state index contributed by atoms with van der Waals surface area (Å²) in [6.07, 6.45) is 4.13. The van der Waals surface area contributed by atoms with Gasteiger partial charge in [-0.1, -0.05) is 29.5 Å². The number of hydrogen-bond acceptors (Lipinski definition) is 4. The molecule has 0 spiro atoms. The number of Topliss-reactive ketones (excluding diaryl/α,β-unsaturated/α-hetero) is 1. The number of carbonyl (C=O) groups excluding carboxylic acids is 1. The Hall–Kier alpha value is -2.34. The van der Waals surface area contributed by atoms with E-state index in [0.29, 0.717) is 11.8 Å². The Morgan fingerprint density at radius 1 is 1.19 bits per heavy atom. The molecule has 2 aromatic heterocycles. The van der Waals surface area contributed by atoms with Gasteiger partial charge in [0.25, 0.3) is 0 Å². The largest absolute Gasteiger partial charge is 0.318 e. The van der Waals surface area contributed by atoms with E-state index in [1.165, 1.54) is 30.2 Å². The van der Waals surface area contributed by atoms with Crippen LogP contribution in [0.4, 0.5) is 0 Å². The molecular weight excluding hydrogens is 344 g/mol. The predicted octanol–water partition coefficient (Wildman–Crippen LogP) is 4.30. The Kier molecular flexibility index (Phi) is 4.44. The molecule has 1 saturated carbocycles. The van der Waals surface area contributed by atoms with Gasteiger partial charge in [0.2, 0.25) is 0 Å². The van der Waals surface area contributed by atoms with Gasteiger partial charge < -0.3 is 9.13 Å². The molecule has 26 heavy (non-hydrogen) atoms. The summed E-state index contributed by atoms with van der Waals surface area (Å²) < 4.78 is 4.23. The topological polar surface area (TPSA) is 52.7 Å². The number of aryl methyl sites for hydroxylation is 2. The molecular formula is C20H22N4OS. The van der Waals surface area contributed by atoms with Crippen LogP contribution in [-0.2, 0) is 0 Å². The first-order valence-corrected chi connectivity index (χ1v) is 9.84. The summed E-state index contributed by atoms with van der Waals surface area (Å²) in [4.78, 5) is 12.8. The molecule has 0 bridgehead atoms. The van der Waals surface area contributed by atoms with Gasteiger partial charge in [0, 0.05) is 28.7 Å². The summed E-state index contributed by atoms with van der Waals surface area (Å²) in [6, 6.07) is 10.9. The van der Waals surface area contributed by atoms with Crippen molar-refractivity contribution in [1.82, 2.24) is 19.3 Å². The van der Waals surface area contributed by atoms with E-state index >= 15 is 0 Å². The molecule has 1 aliphatic carbocycles. The fraction of sp³-hybridized carbons (Fsp3) is 0.350. The van der Waals surface area contributed by atoms with E-state index in [2.05, 4.69) is 50.5 Å². The fourth-order valence-electron chi connectivity index (χ4n) is 3.28. The van der Waals surface area contributed by atoms with Crippen molar-refractivity contribution in [2.45, 2.75) is 44.8 Å². The normalized spacial score (nSPS) is 14.0. The standard InChI is InChI=1S/C20H22N4OS/c1-13-4-6-17(7-5-13)24-14(2)10-18(15(24)3)19(25)11-26-20-22-21-12-23(20)16-8-9-16/h4-7,10,12,16H,8-9,11H2,1-3H3. The maximum atomic E-state index is 12.8. The van der Waals surface area contributed by atoms with Crippen molar-refractivity contribution < 1.29 is 4.79 Å².